The lowest BCUT2D eigenvalue weighted by Gasteiger charge is -2.27. The molecular weight excluding hydrogens is 523 g/mol. The van der Waals surface area contributed by atoms with E-state index in [0.29, 0.717) is 28.4 Å². The van der Waals surface area contributed by atoms with Crippen LogP contribution in [-0.2, 0) is 6.61 Å². The summed E-state index contributed by atoms with van der Waals surface area (Å²) in [4.78, 5) is 12.8. The van der Waals surface area contributed by atoms with Crippen LogP contribution in [0.2, 0.25) is 0 Å². The quantitative estimate of drug-likeness (QED) is 0.194. The number of fused-ring (bicyclic) bond motifs is 1. The maximum absolute atomic E-state index is 13.2. The summed E-state index contributed by atoms with van der Waals surface area (Å²) in [5, 5.41) is 9.92. The number of nitrogens with zero attached hydrogens (tertiary/aromatic N) is 1. The van der Waals surface area contributed by atoms with E-state index in [0.717, 1.165) is 11.1 Å². The van der Waals surface area contributed by atoms with Gasteiger partial charge >= 0.3 is 5.97 Å². The fraction of sp³-hybridized carbons (Fsp3) is 0.152. The Kier molecular flexibility index (Phi) is 7.88. The molecule has 0 bridgehead atoms. The third-order valence-corrected chi connectivity index (χ3v) is 6.37. The van der Waals surface area contributed by atoms with E-state index in [1.807, 2.05) is 32.0 Å². The van der Waals surface area contributed by atoms with Crippen molar-refractivity contribution in [2.45, 2.75) is 32.5 Å². The van der Waals surface area contributed by atoms with Gasteiger partial charge < -0.3 is 24.7 Å². The molecule has 2 N–H and O–H groups in total. The lowest BCUT2D eigenvalue weighted by Crippen LogP contribution is -2.21. The Hall–Kier alpha value is -5.29. The minimum Gasteiger partial charge on any atom is -0.491 e. The summed E-state index contributed by atoms with van der Waals surface area (Å²) in [6.07, 6.45) is 0.0200. The molecule has 0 radical (unpaired) electrons. The zero-order valence-corrected chi connectivity index (χ0v) is 22.5. The van der Waals surface area contributed by atoms with Gasteiger partial charge in [-0.2, -0.15) is 5.26 Å². The second-order valence-electron chi connectivity index (χ2n) is 9.69. The first kappa shape index (κ1) is 27.3. The van der Waals surface area contributed by atoms with E-state index in [1.54, 1.807) is 60.7 Å². The van der Waals surface area contributed by atoms with E-state index in [4.69, 9.17) is 24.7 Å². The largest absolute Gasteiger partial charge is 0.491 e. The minimum absolute atomic E-state index is 0.0200. The lowest BCUT2D eigenvalue weighted by atomic mass is 9.83. The standard InChI is InChI=1S/C33H27FN2O5/c1-20(2)39-25-12-8-22(9-13-25)33(37)40-27-14-15-28-30(17-27)41-32(36)29(18-35)31(28)23-4-3-5-26(16-23)38-19-21-6-10-24(34)11-7-21/h3-17,20,31H,19,36H2,1-2H3. The highest BCUT2D eigenvalue weighted by molar-refractivity contribution is 5.91. The van der Waals surface area contributed by atoms with E-state index in [-0.39, 0.29) is 35.7 Å². The average molecular weight is 551 g/mol. The van der Waals surface area contributed by atoms with Crippen LogP contribution in [0.15, 0.2) is 102 Å². The van der Waals surface area contributed by atoms with E-state index in [2.05, 4.69) is 6.07 Å². The molecule has 5 rings (SSSR count). The number of hydrogen-bond acceptors (Lipinski definition) is 7. The number of nitrogens with two attached hydrogens (primary N) is 1. The molecule has 4 aromatic carbocycles. The highest BCUT2D eigenvalue weighted by Crippen LogP contribution is 2.44. The molecule has 1 aliphatic heterocycles. The smallest absolute Gasteiger partial charge is 0.343 e. The molecule has 1 aliphatic rings. The number of carbonyl (C=O) groups is 1. The molecule has 0 saturated carbocycles. The normalized spacial score (nSPS) is 14.1. The Labute approximate surface area is 237 Å². The molecule has 0 saturated heterocycles. The molecule has 0 fully saturated rings. The predicted molar refractivity (Wildman–Crippen MR) is 150 cm³/mol. The number of esters is 1. The number of nitriles is 1. The second-order valence-corrected chi connectivity index (χ2v) is 9.69. The second kappa shape index (κ2) is 11.8. The number of carbonyl (C=O) groups excluding carboxylic acids is 1. The molecule has 1 heterocycles. The summed E-state index contributed by atoms with van der Waals surface area (Å²) in [7, 11) is 0. The summed E-state index contributed by atoms with van der Waals surface area (Å²) in [6, 6.07) is 27.2. The number of halogens is 1. The van der Waals surface area contributed by atoms with Crippen LogP contribution in [0.3, 0.4) is 0 Å². The molecule has 0 amide bonds. The first-order valence-electron chi connectivity index (χ1n) is 13.0. The van der Waals surface area contributed by atoms with Crippen LogP contribution in [0.25, 0.3) is 0 Å². The van der Waals surface area contributed by atoms with E-state index >= 15 is 0 Å². The van der Waals surface area contributed by atoms with Gasteiger partial charge in [0.2, 0.25) is 5.88 Å². The number of allylic oxidation sites excluding steroid dienone is 1. The van der Waals surface area contributed by atoms with Gasteiger partial charge in [-0.3, -0.25) is 0 Å². The van der Waals surface area contributed by atoms with Gasteiger partial charge in [0.1, 0.15) is 47.1 Å². The first-order chi connectivity index (χ1) is 19.8. The molecule has 1 unspecified atom stereocenters. The van der Waals surface area contributed by atoms with Gasteiger partial charge in [-0.05, 0) is 79.6 Å². The number of hydrogen-bond donors (Lipinski definition) is 1. The fourth-order valence-electron chi connectivity index (χ4n) is 4.48. The highest BCUT2D eigenvalue weighted by Gasteiger charge is 2.31. The Morgan fingerprint density at radius 3 is 2.41 bits per heavy atom. The zero-order chi connectivity index (χ0) is 28.9. The fourth-order valence-corrected chi connectivity index (χ4v) is 4.48. The van der Waals surface area contributed by atoms with Gasteiger partial charge in [0.15, 0.2) is 0 Å². The van der Waals surface area contributed by atoms with Crippen molar-refractivity contribution in [1.29, 1.82) is 5.26 Å². The first-order valence-corrected chi connectivity index (χ1v) is 13.0. The molecule has 8 heteroatoms. The van der Waals surface area contributed by atoms with E-state index < -0.39 is 11.9 Å². The average Bonchev–Trinajstić information content (AvgIpc) is 2.96. The van der Waals surface area contributed by atoms with Gasteiger partial charge in [-0.25, -0.2) is 9.18 Å². The molecule has 0 aromatic heterocycles. The number of ether oxygens (including phenoxy) is 4. The van der Waals surface area contributed by atoms with Gasteiger partial charge in [0.05, 0.1) is 17.6 Å². The molecule has 206 valence electrons. The van der Waals surface area contributed by atoms with Crippen molar-refractivity contribution >= 4 is 5.97 Å². The lowest BCUT2D eigenvalue weighted by molar-refractivity contribution is 0.0734. The molecule has 0 aliphatic carbocycles. The van der Waals surface area contributed by atoms with Crippen LogP contribution in [0.1, 0.15) is 46.8 Å². The molecule has 4 aromatic rings. The monoisotopic (exact) mass is 550 g/mol. The highest BCUT2D eigenvalue weighted by atomic mass is 19.1. The van der Waals surface area contributed by atoms with E-state index in [1.165, 1.54) is 12.1 Å². The van der Waals surface area contributed by atoms with Crippen molar-refractivity contribution in [2.75, 3.05) is 0 Å². The van der Waals surface area contributed by atoms with Crippen LogP contribution in [0.4, 0.5) is 4.39 Å². The molecule has 41 heavy (non-hydrogen) atoms. The summed E-state index contributed by atoms with van der Waals surface area (Å²) in [6.45, 7) is 4.10. The minimum atomic E-state index is -0.541. The van der Waals surface area contributed by atoms with Crippen molar-refractivity contribution < 1.29 is 28.1 Å². The number of rotatable bonds is 8. The van der Waals surface area contributed by atoms with Crippen LogP contribution in [0, 0.1) is 17.1 Å². The summed E-state index contributed by atoms with van der Waals surface area (Å²) < 4.78 is 36.1. The Morgan fingerprint density at radius 2 is 1.71 bits per heavy atom. The van der Waals surface area contributed by atoms with Crippen molar-refractivity contribution in [3.63, 3.8) is 0 Å². The van der Waals surface area contributed by atoms with E-state index in [9.17, 15) is 14.4 Å². The van der Waals surface area contributed by atoms with Crippen molar-refractivity contribution in [1.82, 2.24) is 0 Å². The van der Waals surface area contributed by atoms with Crippen molar-refractivity contribution in [3.05, 3.63) is 131 Å². The SMILES string of the molecule is CC(C)Oc1ccc(C(=O)Oc2ccc3c(c2)OC(N)=C(C#N)C3c2cccc(OCc3ccc(F)cc3)c2)cc1. The topological polar surface area (TPSA) is 104 Å². The van der Waals surface area contributed by atoms with Crippen LogP contribution < -0.4 is 24.7 Å². The molecule has 7 nitrogen and oxygen atoms in total. The third-order valence-electron chi connectivity index (χ3n) is 6.37. The van der Waals surface area contributed by atoms with Gasteiger partial charge in [-0.1, -0.05) is 30.3 Å². The van der Waals surface area contributed by atoms with Gasteiger partial charge in [0, 0.05) is 11.6 Å². The van der Waals surface area contributed by atoms with Crippen molar-refractivity contribution in [2.24, 2.45) is 5.73 Å². The van der Waals surface area contributed by atoms with Crippen LogP contribution in [0.5, 0.6) is 23.0 Å². The summed E-state index contributed by atoms with van der Waals surface area (Å²) in [5.41, 5.74) is 9.04. The van der Waals surface area contributed by atoms with Gasteiger partial charge in [0.25, 0.3) is 0 Å². The summed E-state index contributed by atoms with van der Waals surface area (Å²) in [5.74, 6) is 0.445. The predicted octanol–water partition coefficient (Wildman–Crippen LogP) is 6.63. The van der Waals surface area contributed by atoms with Crippen LogP contribution in [-0.4, -0.2) is 12.1 Å². The maximum atomic E-state index is 13.2. The third kappa shape index (κ3) is 6.31. The molecule has 1 atom stereocenters. The Morgan fingerprint density at radius 1 is 0.976 bits per heavy atom. The molecular formula is C33H27FN2O5. The molecule has 0 spiro atoms. The maximum Gasteiger partial charge on any atom is 0.343 e. The van der Waals surface area contributed by atoms with Gasteiger partial charge in [-0.15, -0.1) is 0 Å². The Balaban J connectivity index is 1.37. The Bertz CT molecular complexity index is 1640. The van der Waals surface area contributed by atoms with Crippen molar-refractivity contribution in [3.8, 4) is 29.1 Å². The summed E-state index contributed by atoms with van der Waals surface area (Å²) >= 11 is 0. The number of benzene rings is 4. The van der Waals surface area contributed by atoms with Crippen LogP contribution >= 0.6 is 0 Å². The zero-order valence-electron chi connectivity index (χ0n) is 22.5.